The van der Waals surface area contributed by atoms with Gasteiger partial charge in [0.1, 0.15) is 5.75 Å². The number of hydrogen-bond donors (Lipinski definition) is 2. The molecule has 0 aromatic heterocycles. The molecule has 0 radical (unpaired) electrons. The molecule has 0 saturated heterocycles. The van der Waals surface area contributed by atoms with Crippen LogP contribution in [0.2, 0.25) is 0 Å². The number of carbonyl (C=O) groups is 1. The Balaban J connectivity index is 2.33. The van der Waals surface area contributed by atoms with Crippen molar-refractivity contribution in [2.45, 2.75) is 0 Å². The van der Waals surface area contributed by atoms with Gasteiger partial charge in [-0.3, -0.25) is 4.79 Å². The second-order valence-electron chi connectivity index (χ2n) is 4.04. The standard InChI is InChI=1S/C15H15NO4/c1-19-13-9-12(17)14(20-2)8-11(13)15(18)16-10-6-4-3-5-7-10/h3-9,17H,1-2H3,(H,16,18). The number of anilines is 1. The van der Waals surface area contributed by atoms with E-state index in [0.29, 0.717) is 5.69 Å². The second kappa shape index (κ2) is 5.97. The van der Waals surface area contributed by atoms with Crippen molar-refractivity contribution in [1.82, 2.24) is 0 Å². The minimum atomic E-state index is -0.341. The number of carbonyl (C=O) groups excluding carboxylic acids is 1. The number of ether oxygens (including phenoxy) is 2. The number of para-hydroxylation sites is 1. The summed E-state index contributed by atoms with van der Waals surface area (Å²) in [4.78, 5) is 12.2. The van der Waals surface area contributed by atoms with Crippen LogP contribution in [0.1, 0.15) is 10.4 Å². The smallest absolute Gasteiger partial charge is 0.259 e. The second-order valence-corrected chi connectivity index (χ2v) is 4.04. The van der Waals surface area contributed by atoms with Crippen LogP contribution in [0.4, 0.5) is 5.69 Å². The molecular formula is C15H15NO4. The molecule has 0 aliphatic heterocycles. The summed E-state index contributed by atoms with van der Waals surface area (Å²) in [5, 5.41) is 12.4. The predicted octanol–water partition coefficient (Wildman–Crippen LogP) is 2.66. The molecule has 104 valence electrons. The molecule has 2 rings (SSSR count). The third kappa shape index (κ3) is 2.83. The van der Waals surface area contributed by atoms with Crippen molar-refractivity contribution < 1.29 is 19.4 Å². The van der Waals surface area contributed by atoms with Crippen LogP contribution in [0.25, 0.3) is 0 Å². The van der Waals surface area contributed by atoms with E-state index in [0.717, 1.165) is 0 Å². The Kier molecular flexibility index (Phi) is 4.10. The van der Waals surface area contributed by atoms with E-state index < -0.39 is 0 Å². The molecule has 0 fully saturated rings. The number of rotatable bonds is 4. The Morgan fingerprint density at radius 1 is 1.05 bits per heavy atom. The molecule has 0 saturated carbocycles. The SMILES string of the molecule is COc1cc(C(=O)Nc2ccccc2)c(OC)cc1O. The molecule has 1 amide bonds. The summed E-state index contributed by atoms with van der Waals surface area (Å²) in [5.41, 5.74) is 0.956. The molecule has 0 aliphatic rings. The lowest BCUT2D eigenvalue weighted by Gasteiger charge is -2.12. The zero-order valence-corrected chi connectivity index (χ0v) is 11.2. The van der Waals surface area contributed by atoms with Gasteiger partial charge >= 0.3 is 0 Å². The average molecular weight is 273 g/mol. The highest BCUT2D eigenvalue weighted by Crippen LogP contribution is 2.34. The van der Waals surface area contributed by atoms with Gasteiger partial charge in [-0.05, 0) is 12.1 Å². The fourth-order valence-corrected chi connectivity index (χ4v) is 1.78. The molecule has 0 bridgehead atoms. The van der Waals surface area contributed by atoms with Crippen LogP contribution in [0.5, 0.6) is 17.2 Å². The van der Waals surface area contributed by atoms with Crippen molar-refractivity contribution >= 4 is 11.6 Å². The molecule has 20 heavy (non-hydrogen) atoms. The quantitative estimate of drug-likeness (QED) is 0.898. The Labute approximate surface area is 116 Å². The minimum absolute atomic E-state index is 0.0828. The van der Waals surface area contributed by atoms with Gasteiger partial charge in [0, 0.05) is 17.8 Å². The summed E-state index contributed by atoms with van der Waals surface area (Å²) in [6.07, 6.45) is 0. The average Bonchev–Trinajstić information content (AvgIpc) is 2.47. The van der Waals surface area contributed by atoms with Crippen molar-refractivity contribution in [3.05, 3.63) is 48.0 Å². The van der Waals surface area contributed by atoms with Crippen LogP contribution < -0.4 is 14.8 Å². The normalized spacial score (nSPS) is 9.90. The lowest BCUT2D eigenvalue weighted by Crippen LogP contribution is -2.13. The first-order chi connectivity index (χ1) is 9.65. The van der Waals surface area contributed by atoms with Crippen molar-refractivity contribution in [2.75, 3.05) is 19.5 Å². The summed E-state index contributed by atoms with van der Waals surface area (Å²) in [5.74, 6) is 0.0627. The Morgan fingerprint density at radius 3 is 2.30 bits per heavy atom. The lowest BCUT2D eigenvalue weighted by molar-refractivity contribution is 0.102. The number of hydrogen-bond acceptors (Lipinski definition) is 4. The number of nitrogens with one attached hydrogen (secondary N) is 1. The third-order valence-corrected chi connectivity index (χ3v) is 2.78. The topological polar surface area (TPSA) is 67.8 Å². The highest BCUT2D eigenvalue weighted by molar-refractivity contribution is 6.06. The number of phenolic OH excluding ortho intramolecular Hbond substituents is 1. The first kappa shape index (κ1) is 13.7. The van der Waals surface area contributed by atoms with Gasteiger partial charge in [-0.15, -0.1) is 0 Å². The van der Waals surface area contributed by atoms with Crippen molar-refractivity contribution in [3.8, 4) is 17.2 Å². The predicted molar refractivity (Wildman–Crippen MR) is 75.6 cm³/mol. The van der Waals surface area contributed by atoms with Gasteiger partial charge in [0.25, 0.3) is 5.91 Å². The van der Waals surface area contributed by atoms with E-state index in [4.69, 9.17) is 9.47 Å². The van der Waals surface area contributed by atoms with Gasteiger partial charge in [0.15, 0.2) is 11.5 Å². The van der Waals surface area contributed by atoms with Crippen LogP contribution in [0.15, 0.2) is 42.5 Å². The van der Waals surface area contributed by atoms with Crippen molar-refractivity contribution in [1.29, 1.82) is 0 Å². The molecule has 0 spiro atoms. The first-order valence-corrected chi connectivity index (χ1v) is 5.97. The molecule has 2 aromatic rings. The Bertz CT molecular complexity index is 611. The van der Waals surface area contributed by atoms with Crippen LogP contribution >= 0.6 is 0 Å². The fourth-order valence-electron chi connectivity index (χ4n) is 1.78. The molecular weight excluding hydrogens is 258 g/mol. The molecule has 2 aromatic carbocycles. The third-order valence-electron chi connectivity index (χ3n) is 2.78. The van der Waals surface area contributed by atoms with E-state index in [2.05, 4.69) is 5.32 Å². The Hall–Kier alpha value is -2.69. The van der Waals surface area contributed by atoms with Crippen LogP contribution in [0, 0.1) is 0 Å². The highest BCUT2D eigenvalue weighted by Gasteiger charge is 2.17. The maximum Gasteiger partial charge on any atom is 0.259 e. The number of phenols is 1. The van der Waals surface area contributed by atoms with Gasteiger partial charge in [0.2, 0.25) is 0 Å². The summed E-state index contributed by atoms with van der Waals surface area (Å²) < 4.78 is 10.1. The zero-order chi connectivity index (χ0) is 14.5. The van der Waals surface area contributed by atoms with Gasteiger partial charge in [-0.2, -0.15) is 0 Å². The van der Waals surface area contributed by atoms with Gasteiger partial charge in [-0.25, -0.2) is 0 Å². The van der Waals surface area contributed by atoms with Crippen molar-refractivity contribution in [3.63, 3.8) is 0 Å². The fraction of sp³-hybridized carbons (Fsp3) is 0.133. The van der Waals surface area contributed by atoms with E-state index in [1.54, 1.807) is 12.1 Å². The molecule has 0 unspecified atom stereocenters. The molecule has 5 nitrogen and oxygen atoms in total. The molecule has 2 N–H and O–H groups in total. The summed E-state index contributed by atoms with van der Waals surface area (Å²) in [6.45, 7) is 0. The minimum Gasteiger partial charge on any atom is -0.504 e. The summed E-state index contributed by atoms with van der Waals surface area (Å²) in [7, 11) is 2.85. The van der Waals surface area contributed by atoms with Gasteiger partial charge in [0.05, 0.1) is 19.8 Å². The molecule has 0 heterocycles. The van der Waals surface area contributed by atoms with E-state index >= 15 is 0 Å². The van der Waals surface area contributed by atoms with E-state index in [9.17, 15) is 9.90 Å². The number of benzene rings is 2. The van der Waals surface area contributed by atoms with Crippen LogP contribution in [0.3, 0.4) is 0 Å². The van der Waals surface area contributed by atoms with E-state index in [1.165, 1.54) is 26.4 Å². The number of aromatic hydroxyl groups is 1. The number of methoxy groups -OCH3 is 2. The first-order valence-electron chi connectivity index (χ1n) is 5.97. The van der Waals surface area contributed by atoms with E-state index in [-0.39, 0.29) is 28.7 Å². The number of amides is 1. The Morgan fingerprint density at radius 2 is 1.70 bits per heavy atom. The molecule has 0 atom stereocenters. The highest BCUT2D eigenvalue weighted by atomic mass is 16.5. The maximum atomic E-state index is 12.2. The molecule has 5 heteroatoms. The summed E-state index contributed by atoms with van der Waals surface area (Å²) in [6, 6.07) is 11.9. The van der Waals surface area contributed by atoms with E-state index in [1.807, 2.05) is 18.2 Å². The molecule has 0 aliphatic carbocycles. The zero-order valence-electron chi connectivity index (χ0n) is 11.2. The van der Waals surface area contributed by atoms with Gasteiger partial charge in [-0.1, -0.05) is 18.2 Å². The van der Waals surface area contributed by atoms with Gasteiger partial charge < -0.3 is 19.9 Å². The largest absolute Gasteiger partial charge is 0.504 e. The van der Waals surface area contributed by atoms with Crippen LogP contribution in [-0.2, 0) is 0 Å². The monoisotopic (exact) mass is 273 g/mol. The maximum absolute atomic E-state index is 12.2. The van der Waals surface area contributed by atoms with Crippen LogP contribution in [-0.4, -0.2) is 25.2 Å². The lowest BCUT2D eigenvalue weighted by atomic mass is 10.1. The van der Waals surface area contributed by atoms with Crippen molar-refractivity contribution in [2.24, 2.45) is 0 Å². The summed E-state index contributed by atoms with van der Waals surface area (Å²) >= 11 is 0.